The smallest absolute Gasteiger partial charge is 0.232 e. The lowest BCUT2D eigenvalue weighted by atomic mass is 9.86. The van der Waals surface area contributed by atoms with E-state index in [1.807, 2.05) is 6.07 Å². The Labute approximate surface area is 167 Å². The molecule has 0 unspecified atom stereocenters. The molecule has 2 heterocycles. The summed E-state index contributed by atoms with van der Waals surface area (Å²) in [6.45, 7) is 9.58. The molecule has 0 amide bonds. The van der Waals surface area contributed by atoms with Crippen LogP contribution in [0.5, 0.6) is 5.88 Å². The molecule has 0 spiro atoms. The number of fused-ring (bicyclic) bond motifs is 1. The number of hydrogen-bond acceptors (Lipinski definition) is 4. The zero-order valence-corrected chi connectivity index (χ0v) is 17.0. The molecular weight excluding hydrogens is 346 g/mol. The minimum Gasteiger partial charge on any atom is -0.476 e. The molecule has 1 N–H and O–H groups in total. The fraction of sp³-hybridized carbons (Fsp3) is 0.417. The molecule has 1 aromatic heterocycles. The lowest BCUT2D eigenvalue weighted by Gasteiger charge is -2.22. The van der Waals surface area contributed by atoms with E-state index in [4.69, 9.17) is 9.72 Å². The molecule has 1 aliphatic heterocycles. The number of nitrogens with one attached hydrogen (secondary N) is 1. The third-order valence-corrected chi connectivity index (χ3v) is 5.53. The Morgan fingerprint density at radius 2 is 1.68 bits per heavy atom. The SMILES string of the molecule is CC(C)(C)c1ccc(-c2ccc3ncc(OCC4CCNCC4)nc3c2)cc1. The minimum absolute atomic E-state index is 0.161. The first-order chi connectivity index (χ1) is 13.5. The topological polar surface area (TPSA) is 47.0 Å². The highest BCUT2D eigenvalue weighted by Crippen LogP contribution is 2.28. The number of hydrogen-bond donors (Lipinski definition) is 1. The Balaban J connectivity index is 1.53. The highest BCUT2D eigenvalue weighted by atomic mass is 16.5. The second-order valence-electron chi connectivity index (χ2n) is 8.74. The molecule has 0 aliphatic carbocycles. The van der Waals surface area contributed by atoms with Crippen molar-refractivity contribution in [1.82, 2.24) is 15.3 Å². The van der Waals surface area contributed by atoms with Gasteiger partial charge in [0.1, 0.15) is 0 Å². The van der Waals surface area contributed by atoms with E-state index in [1.165, 1.54) is 11.1 Å². The Bertz CT molecular complexity index is 938. The van der Waals surface area contributed by atoms with Crippen LogP contribution in [-0.2, 0) is 5.41 Å². The summed E-state index contributed by atoms with van der Waals surface area (Å²) in [5, 5.41) is 3.39. The largest absolute Gasteiger partial charge is 0.476 e. The molecule has 2 aromatic carbocycles. The van der Waals surface area contributed by atoms with Gasteiger partial charge in [-0.25, -0.2) is 9.97 Å². The second kappa shape index (κ2) is 7.88. The van der Waals surface area contributed by atoms with Crippen LogP contribution in [0.15, 0.2) is 48.7 Å². The quantitative estimate of drug-likeness (QED) is 0.699. The maximum absolute atomic E-state index is 5.95. The van der Waals surface area contributed by atoms with Gasteiger partial charge in [0.15, 0.2) is 0 Å². The predicted octanol–water partition coefficient (Wildman–Crippen LogP) is 4.97. The van der Waals surface area contributed by atoms with E-state index in [9.17, 15) is 0 Å². The van der Waals surface area contributed by atoms with Gasteiger partial charge in [-0.05, 0) is 66.1 Å². The fourth-order valence-corrected chi connectivity index (χ4v) is 3.66. The molecule has 4 heteroatoms. The zero-order chi connectivity index (χ0) is 19.6. The summed E-state index contributed by atoms with van der Waals surface area (Å²) in [5.41, 5.74) is 5.61. The van der Waals surface area contributed by atoms with E-state index < -0.39 is 0 Å². The van der Waals surface area contributed by atoms with Crippen LogP contribution in [0.2, 0.25) is 0 Å². The normalized spacial score (nSPS) is 15.7. The molecule has 4 rings (SSSR count). The maximum Gasteiger partial charge on any atom is 0.232 e. The molecule has 4 nitrogen and oxygen atoms in total. The van der Waals surface area contributed by atoms with Crippen molar-refractivity contribution in [3.8, 4) is 17.0 Å². The van der Waals surface area contributed by atoms with Gasteiger partial charge in [0.25, 0.3) is 0 Å². The molecule has 0 saturated carbocycles. The summed E-state index contributed by atoms with van der Waals surface area (Å²) < 4.78 is 5.95. The van der Waals surface area contributed by atoms with E-state index >= 15 is 0 Å². The average Bonchev–Trinajstić information content (AvgIpc) is 2.72. The van der Waals surface area contributed by atoms with Gasteiger partial charge in [-0.2, -0.15) is 0 Å². The van der Waals surface area contributed by atoms with E-state index in [0.717, 1.165) is 49.1 Å². The van der Waals surface area contributed by atoms with Crippen LogP contribution in [0.1, 0.15) is 39.2 Å². The molecule has 0 atom stereocenters. The van der Waals surface area contributed by atoms with Crippen LogP contribution < -0.4 is 10.1 Å². The highest BCUT2D eigenvalue weighted by molar-refractivity contribution is 5.81. The van der Waals surface area contributed by atoms with Gasteiger partial charge < -0.3 is 10.1 Å². The van der Waals surface area contributed by atoms with Gasteiger partial charge in [0, 0.05) is 0 Å². The summed E-state index contributed by atoms with van der Waals surface area (Å²) in [5.74, 6) is 1.22. The number of piperidine rings is 1. The molecule has 0 bridgehead atoms. The summed E-state index contributed by atoms with van der Waals surface area (Å²) in [4.78, 5) is 9.23. The van der Waals surface area contributed by atoms with Crippen molar-refractivity contribution in [2.24, 2.45) is 5.92 Å². The van der Waals surface area contributed by atoms with Crippen LogP contribution in [0.25, 0.3) is 22.2 Å². The van der Waals surface area contributed by atoms with Crippen LogP contribution >= 0.6 is 0 Å². The standard InChI is InChI=1S/C24H29N3O/c1-24(2,3)20-7-4-18(5-8-20)19-6-9-21-22(14-19)27-23(15-26-21)28-16-17-10-12-25-13-11-17/h4-9,14-15,17,25H,10-13,16H2,1-3H3. The highest BCUT2D eigenvalue weighted by Gasteiger charge is 2.15. The van der Waals surface area contributed by atoms with Crippen molar-refractivity contribution >= 4 is 11.0 Å². The molecule has 0 radical (unpaired) electrons. The maximum atomic E-state index is 5.95. The Hall–Kier alpha value is -2.46. The summed E-state index contributed by atoms with van der Waals surface area (Å²) in [6.07, 6.45) is 4.06. The molecule has 1 fully saturated rings. The van der Waals surface area contributed by atoms with Crippen molar-refractivity contribution in [3.05, 3.63) is 54.2 Å². The Morgan fingerprint density at radius 3 is 2.39 bits per heavy atom. The van der Waals surface area contributed by atoms with Gasteiger partial charge in [0.05, 0.1) is 23.8 Å². The van der Waals surface area contributed by atoms with Gasteiger partial charge in [-0.1, -0.05) is 51.1 Å². The van der Waals surface area contributed by atoms with Crippen LogP contribution in [0.3, 0.4) is 0 Å². The first-order valence-corrected chi connectivity index (χ1v) is 10.2. The van der Waals surface area contributed by atoms with E-state index in [1.54, 1.807) is 6.20 Å². The summed E-state index contributed by atoms with van der Waals surface area (Å²) >= 11 is 0. The van der Waals surface area contributed by atoms with Crippen LogP contribution in [0, 0.1) is 5.92 Å². The zero-order valence-electron chi connectivity index (χ0n) is 17.0. The molecule has 1 saturated heterocycles. The predicted molar refractivity (Wildman–Crippen MR) is 115 cm³/mol. The number of aromatic nitrogens is 2. The molecule has 28 heavy (non-hydrogen) atoms. The van der Waals surface area contributed by atoms with Gasteiger partial charge in [-0.15, -0.1) is 0 Å². The number of ether oxygens (including phenoxy) is 1. The third-order valence-electron chi connectivity index (χ3n) is 5.53. The first-order valence-electron chi connectivity index (χ1n) is 10.2. The minimum atomic E-state index is 0.161. The Morgan fingerprint density at radius 1 is 0.964 bits per heavy atom. The van der Waals surface area contributed by atoms with Crippen molar-refractivity contribution in [1.29, 1.82) is 0 Å². The van der Waals surface area contributed by atoms with E-state index in [2.05, 4.69) is 67.5 Å². The monoisotopic (exact) mass is 375 g/mol. The lowest BCUT2D eigenvalue weighted by Crippen LogP contribution is -2.30. The van der Waals surface area contributed by atoms with Crippen LogP contribution in [0.4, 0.5) is 0 Å². The second-order valence-corrected chi connectivity index (χ2v) is 8.74. The van der Waals surface area contributed by atoms with Crippen LogP contribution in [-0.4, -0.2) is 29.7 Å². The Kier molecular flexibility index (Phi) is 5.31. The molecule has 146 valence electrons. The van der Waals surface area contributed by atoms with Crippen molar-refractivity contribution in [3.63, 3.8) is 0 Å². The first kappa shape index (κ1) is 18.9. The molecular formula is C24H29N3O. The number of rotatable bonds is 4. The molecule has 3 aromatic rings. The number of nitrogens with zero attached hydrogens (tertiary/aromatic N) is 2. The van der Waals surface area contributed by atoms with Gasteiger partial charge >= 0.3 is 0 Å². The summed E-state index contributed by atoms with van der Waals surface area (Å²) in [6, 6.07) is 15.0. The molecule has 1 aliphatic rings. The van der Waals surface area contributed by atoms with Crippen molar-refractivity contribution in [2.75, 3.05) is 19.7 Å². The average molecular weight is 376 g/mol. The summed E-state index contributed by atoms with van der Waals surface area (Å²) in [7, 11) is 0. The van der Waals surface area contributed by atoms with Crippen molar-refractivity contribution < 1.29 is 4.74 Å². The lowest BCUT2D eigenvalue weighted by molar-refractivity contribution is 0.209. The van der Waals surface area contributed by atoms with E-state index in [0.29, 0.717) is 11.8 Å². The van der Waals surface area contributed by atoms with Crippen molar-refractivity contribution in [2.45, 2.75) is 39.0 Å². The van der Waals surface area contributed by atoms with Gasteiger partial charge in [0.2, 0.25) is 5.88 Å². The van der Waals surface area contributed by atoms with Gasteiger partial charge in [-0.3, -0.25) is 0 Å². The number of benzene rings is 2. The fourth-order valence-electron chi connectivity index (χ4n) is 3.66. The third kappa shape index (κ3) is 4.33. The van der Waals surface area contributed by atoms with E-state index in [-0.39, 0.29) is 5.41 Å².